The van der Waals surface area contributed by atoms with Crippen molar-refractivity contribution in [3.63, 3.8) is 0 Å². The molecule has 0 fully saturated rings. The van der Waals surface area contributed by atoms with E-state index in [1.54, 1.807) is 7.11 Å². The highest BCUT2D eigenvalue weighted by atomic mass is 35.5. The molecule has 0 saturated carbocycles. The van der Waals surface area contributed by atoms with Crippen LogP contribution in [0.1, 0.15) is 11.1 Å². The van der Waals surface area contributed by atoms with Crippen LogP contribution in [0.15, 0.2) is 54.6 Å². The molecular formula is C14H12Cl2O. The van der Waals surface area contributed by atoms with Gasteiger partial charge in [0.15, 0.2) is 4.33 Å². The van der Waals surface area contributed by atoms with Crippen LogP contribution in [0.5, 0.6) is 5.75 Å². The van der Waals surface area contributed by atoms with Gasteiger partial charge in [0, 0.05) is 0 Å². The Hall–Kier alpha value is -1.18. The van der Waals surface area contributed by atoms with Crippen LogP contribution in [-0.4, -0.2) is 7.11 Å². The van der Waals surface area contributed by atoms with Crippen molar-refractivity contribution in [2.75, 3.05) is 7.11 Å². The molecule has 0 bridgehead atoms. The molecule has 2 aromatic carbocycles. The molecule has 0 amide bonds. The smallest absolute Gasteiger partial charge is 0.168 e. The van der Waals surface area contributed by atoms with Crippen LogP contribution in [0, 0.1) is 0 Å². The SMILES string of the molecule is COc1ccc(C(Cl)(Cl)c2ccccc2)cc1. The van der Waals surface area contributed by atoms with E-state index in [4.69, 9.17) is 27.9 Å². The van der Waals surface area contributed by atoms with E-state index >= 15 is 0 Å². The summed E-state index contributed by atoms with van der Waals surface area (Å²) < 4.78 is 4.07. The Bertz CT molecular complexity index is 477. The molecule has 2 aromatic rings. The Morgan fingerprint density at radius 1 is 0.824 bits per heavy atom. The lowest BCUT2D eigenvalue weighted by Crippen LogP contribution is -2.11. The Morgan fingerprint density at radius 2 is 1.35 bits per heavy atom. The summed E-state index contributed by atoms with van der Waals surface area (Å²) in [7, 11) is 1.63. The van der Waals surface area contributed by atoms with Gasteiger partial charge in [-0.2, -0.15) is 0 Å². The molecule has 0 aliphatic heterocycles. The van der Waals surface area contributed by atoms with Crippen LogP contribution in [0.3, 0.4) is 0 Å². The lowest BCUT2D eigenvalue weighted by molar-refractivity contribution is 0.414. The maximum Gasteiger partial charge on any atom is 0.168 e. The van der Waals surface area contributed by atoms with Crippen LogP contribution in [0.2, 0.25) is 0 Å². The van der Waals surface area contributed by atoms with Gasteiger partial charge in [-0.25, -0.2) is 0 Å². The molecular weight excluding hydrogens is 255 g/mol. The van der Waals surface area contributed by atoms with Crippen LogP contribution >= 0.6 is 23.2 Å². The molecule has 0 aliphatic rings. The summed E-state index contributed by atoms with van der Waals surface area (Å²) in [4.78, 5) is 0. The average molecular weight is 267 g/mol. The Kier molecular flexibility index (Phi) is 3.60. The number of ether oxygens (including phenoxy) is 1. The fourth-order valence-electron chi connectivity index (χ4n) is 1.61. The van der Waals surface area contributed by atoms with E-state index in [2.05, 4.69) is 0 Å². The Balaban J connectivity index is 2.37. The second-order valence-corrected chi connectivity index (χ2v) is 5.00. The summed E-state index contributed by atoms with van der Waals surface area (Å²) in [6.07, 6.45) is 0. The number of hydrogen-bond acceptors (Lipinski definition) is 1. The summed E-state index contributed by atoms with van der Waals surface area (Å²) in [6.45, 7) is 0. The Morgan fingerprint density at radius 3 is 1.88 bits per heavy atom. The van der Waals surface area contributed by atoms with Crippen LogP contribution in [-0.2, 0) is 4.33 Å². The van der Waals surface area contributed by atoms with Gasteiger partial charge < -0.3 is 4.74 Å². The van der Waals surface area contributed by atoms with E-state index in [0.29, 0.717) is 0 Å². The second kappa shape index (κ2) is 4.99. The van der Waals surface area contributed by atoms with Crippen molar-refractivity contribution >= 4 is 23.2 Å². The predicted molar refractivity (Wildman–Crippen MR) is 71.9 cm³/mol. The molecule has 88 valence electrons. The summed E-state index contributed by atoms with van der Waals surface area (Å²) in [5.74, 6) is 0.783. The highest BCUT2D eigenvalue weighted by molar-refractivity contribution is 6.50. The standard InChI is InChI=1S/C14H12Cl2O/c1-17-13-9-7-12(8-10-13)14(15,16)11-5-3-2-4-6-11/h2-10H,1H3. The minimum atomic E-state index is -1.03. The lowest BCUT2D eigenvalue weighted by Gasteiger charge is -2.20. The third-order valence-electron chi connectivity index (χ3n) is 2.59. The molecule has 0 heterocycles. The van der Waals surface area contributed by atoms with Gasteiger partial charge in [0.2, 0.25) is 0 Å². The third-order valence-corrected chi connectivity index (χ3v) is 3.46. The molecule has 0 atom stereocenters. The highest BCUT2D eigenvalue weighted by Crippen LogP contribution is 2.40. The monoisotopic (exact) mass is 266 g/mol. The first kappa shape index (κ1) is 12.3. The quantitative estimate of drug-likeness (QED) is 0.750. The zero-order chi connectivity index (χ0) is 12.3. The summed E-state index contributed by atoms with van der Waals surface area (Å²) in [5.41, 5.74) is 1.68. The zero-order valence-corrected chi connectivity index (χ0v) is 10.9. The number of hydrogen-bond donors (Lipinski definition) is 0. The van der Waals surface area contributed by atoms with Gasteiger partial charge in [0.25, 0.3) is 0 Å². The summed E-state index contributed by atoms with van der Waals surface area (Å²) in [6, 6.07) is 17.0. The molecule has 0 spiro atoms. The van der Waals surface area contributed by atoms with Gasteiger partial charge in [-0.3, -0.25) is 0 Å². The number of alkyl halides is 2. The molecule has 2 rings (SSSR count). The van der Waals surface area contributed by atoms with Gasteiger partial charge in [-0.05, 0) is 23.3 Å². The maximum absolute atomic E-state index is 6.41. The van der Waals surface area contributed by atoms with E-state index in [0.717, 1.165) is 16.9 Å². The molecule has 0 saturated heterocycles. The first-order valence-electron chi connectivity index (χ1n) is 5.22. The van der Waals surface area contributed by atoms with Gasteiger partial charge in [0.05, 0.1) is 7.11 Å². The van der Waals surface area contributed by atoms with E-state index in [-0.39, 0.29) is 0 Å². The van der Waals surface area contributed by atoms with Crippen molar-refractivity contribution < 1.29 is 4.74 Å². The fraction of sp³-hybridized carbons (Fsp3) is 0.143. The molecule has 3 heteroatoms. The van der Waals surface area contributed by atoms with Crippen LogP contribution in [0.4, 0.5) is 0 Å². The molecule has 17 heavy (non-hydrogen) atoms. The number of rotatable bonds is 3. The average Bonchev–Trinajstić information content (AvgIpc) is 2.40. The molecule has 0 aromatic heterocycles. The number of benzene rings is 2. The largest absolute Gasteiger partial charge is 0.497 e. The van der Waals surface area contributed by atoms with Crippen LogP contribution < -0.4 is 4.74 Å². The number of methoxy groups -OCH3 is 1. The molecule has 0 radical (unpaired) electrons. The fourth-order valence-corrected chi connectivity index (χ4v) is 2.12. The Labute approximate surface area is 111 Å². The maximum atomic E-state index is 6.41. The van der Waals surface area contributed by atoms with Gasteiger partial charge in [-0.1, -0.05) is 65.7 Å². The summed E-state index contributed by atoms with van der Waals surface area (Å²) in [5, 5.41) is 0. The van der Waals surface area contributed by atoms with Crippen LogP contribution in [0.25, 0.3) is 0 Å². The van der Waals surface area contributed by atoms with E-state index in [1.165, 1.54) is 0 Å². The topological polar surface area (TPSA) is 9.23 Å². The van der Waals surface area contributed by atoms with E-state index in [1.807, 2.05) is 54.6 Å². The summed E-state index contributed by atoms with van der Waals surface area (Å²) >= 11 is 12.8. The first-order chi connectivity index (χ1) is 8.14. The van der Waals surface area contributed by atoms with E-state index < -0.39 is 4.33 Å². The zero-order valence-electron chi connectivity index (χ0n) is 9.36. The van der Waals surface area contributed by atoms with Crippen molar-refractivity contribution in [2.24, 2.45) is 0 Å². The number of halogens is 2. The second-order valence-electron chi connectivity index (χ2n) is 3.67. The third kappa shape index (κ3) is 2.56. The lowest BCUT2D eigenvalue weighted by atomic mass is 10.0. The highest BCUT2D eigenvalue weighted by Gasteiger charge is 2.28. The molecule has 0 unspecified atom stereocenters. The van der Waals surface area contributed by atoms with Crippen molar-refractivity contribution in [3.05, 3.63) is 65.7 Å². The molecule has 1 nitrogen and oxygen atoms in total. The van der Waals surface area contributed by atoms with Crippen molar-refractivity contribution in [1.29, 1.82) is 0 Å². The minimum Gasteiger partial charge on any atom is -0.497 e. The molecule has 0 N–H and O–H groups in total. The van der Waals surface area contributed by atoms with E-state index in [9.17, 15) is 0 Å². The normalized spacial score (nSPS) is 11.2. The van der Waals surface area contributed by atoms with Crippen molar-refractivity contribution in [3.8, 4) is 5.75 Å². The predicted octanol–water partition coefficient (Wildman–Crippen LogP) is 4.37. The van der Waals surface area contributed by atoms with Gasteiger partial charge in [-0.15, -0.1) is 0 Å². The van der Waals surface area contributed by atoms with Crippen molar-refractivity contribution in [1.82, 2.24) is 0 Å². The van der Waals surface area contributed by atoms with Crippen molar-refractivity contribution in [2.45, 2.75) is 4.33 Å². The van der Waals surface area contributed by atoms with Gasteiger partial charge >= 0.3 is 0 Å². The van der Waals surface area contributed by atoms with Gasteiger partial charge in [0.1, 0.15) is 5.75 Å². The minimum absolute atomic E-state index is 0.783. The first-order valence-corrected chi connectivity index (χ1v) is 5.98. The molecule has 0 aliphatic carbocycles.